The quantitative estimate of drug-likeness (QED) is 0.189. The first-order valence-electron chi connectivity index (χ1n) is 16.1. The number of hydrogen-bond donors (Lipinski definition) is 1. The fraction of sp³-hybridized carbons (Fsp3) is 0.333. The molecule has 6 aromatic rings. The number of rotatable bonds is 8. The molecule has 8 rings (SSSR count). The van der Waals surface area contributed by atoms with Crippen LogP contribution in [0.15, 0.2) is 47.0 Å². The number of aromatic amines is 1. The summed E-state index contributed by atoms with van der Waals surface area (Å²) in [5.74, 6) is 3.85. The van der Waals surface area contributed by atoms with Gasteiger partial charge in [-0.1, -0.05) is 6.07 Å². The van der Waals surface area contributed by atoms with Gasteiger partial charge in [0.25, 0.3) is 0 Å². The molecule has 0 saturated carbocycles. The predicted octanol–water partition coefficient (Wildman–Crippen LogP) is -0.888. The fourth-order valence-corrected chi connectivity index (χ4v) is 8.46. The van der Waals surface area contributed by atoms with E-state index in [0.29, 0.717) is 29.3 Å². The van der Waals surface area contributed by atoms with E-state index in [2.05, 4.69) is 29.9 Å². The van der Waals surface area contributed by atoms with Gasteiger partial charge in [0, 0.05) is 58.7 Å². The topological polar surface area (TPSA) is 183 Å². The monoisotopic (exact) mass is 776 g/mol. The molecule has 0 spiro atoms. The number of benzene rings is 2. The van der Waals surface area contributed by atoms with E-state index in [1.54, 1.807) is 26.6 Å². The zero-order chi connectivity index (χ0) is 35.1. The molecule has 0 radical (unpaired) electrons. The zero-order valence-corrected chi connectivity index (χ0v) is 36.8. The van der Waals surface area contributed by atoms with E-state index in [-0.39, 0.29) is 70.3 Å². The summed E-state index contributed by atoms with van der Waals surface area (Å²) in [5.41, 5.74) is 10.7. The Bertz CT molecular complexity index is 2090. The molecule has 2 aliphatic rings. The third-order valence-corrected chi connectivity index (χ3v) is 11.2. The summed E-state index contributed by atoms with van der Waals surface area (Å²) in [7, 11) is 0.576. The Balaban J connectivity index is 0.000000224. The maximum Gasteiger partial charge on any atom is 1.00 e. The number of imidazole rings is 2. The minimum absolute atomic E-state index is 0. The Morgan fingerprint density at radius 3 is 1.89 bits per heavy atom. The molecule has 2 atom stereocenters. The van der Waals surface area contributed by atoms with Crippen LogP contribution >= 0.6 is 0 Å². The van der Waals surface area contributed by atoms with Gasteiger partial charge in [0.05, 0.1) is 83.0 Å². The average Bonchev–Trinajstić information content (AvgIpc) is 3.91. The third-order valence-electron chi connectivity index (χ3n) is 8.94. The molecule has 2 aromatic carbocycles. The van der Waals surface area contributed by atoms with Gasteiger partial charge in [-0.3, -0.25) is 18.4 Å². The minimum Gasteiger partial charge on any atom is -0.870 e. The van der Waals surface area contributed by atoms with Gasteiger partial charge in [-0.15, -0.1) is 0 Å². The van der Waals surface area contributed by atoms with E-state index in [4.69, 9.17) is 18.9 Å². The summed E-state index contributed by atoms with van der Waals surface area (Å²) in [4.78, 5) is 25.4. The van der Waals surface area contributed by atoms with E-state index in [9.17, 15) is 8.42 Å². The Labute approximate surface area is 356 Å². The summed E-state index contributed by atoms with van der Waals surface area (Å²) in [5, 5.41) is 0.791. The van der Waals surface area contributed by atoms with Crippen molar-refractivity contribution in [3.8, 4) is 23.0 Å². The molecule has 2 N–H and O–H groups in total. The van der Waals surface area contributed by atoms with Crippen LogP contribution in [-0.2, 0) is 45.9 Å². The number of methoxy groups -OCH3 is 2. The summed E-state index contributed by atoms with van der Waals surface area (Å²) < 4.78 is 47.5. The molecule has 17 heteroatoms. The van der Waals surface area contributed by atoms with Crippen molar-refractivity contribution in [1.29, 1.82) is 0 Å². The van der Waals surface area contributed by atoms with E-state index in [1.165, 1.54) is 0 Å². The number of aromatic nitrogens is 6. The number of pyridine rings is 2. The van der Waals surface area contributed by atoms with Crippen LogP contribution in [-0.4, -0.2) is 66.2 Å². The average molecular weight is 777 g/mol. The van der Waals surface area contributed by atoms with Crippen LogP contribution in [0.5, 0.6) is 23.0 Å². The third kappa shape index (κ3) is 8.84. The summed E-state index contributed by atoms with van der Waals surface area (Å²) in [6, 6.07) is 7.80. The Morgan fingerprint density at radius 1 is 0.755 bits per heavy atom. The van der Waals surface area contributed by atoms with Gasteiger partial charge in [0.15, 0.2) is 5.16 Å². The van der Waals surface area contributed by atoms with Crippen LogP contribution in [0.1, 0.15) is 44.8 Å². The second kappa shape index (κ2) is 18.2. The van der Waals surface area contributed by atoms with Crippen molar-refractivity contribution in [3.63, 3.8) is 0 Å². The van der Waals surface area contributed by atoms with Crippen molar-refractivity contribution in [3.05, 3.63) is 81.4 Å². The maximum absolute atomic E-state index is 12.8. The van der Waals surface area contributed by atoms with Crippen molar-refractivity contribution in [2.75, 3.05) is 27.4 Å². The van der Waals surface area contributed by atoms with E-state index in [1.807, 2.05) is 52.0 Å². The van der Waals surface area contributed by atoms with Crippen LogP contribution < -0.4 is 83.0 Å². The smallest absolute Gasteiger partial charge is 0.870 e. The molecule has 268 valence electrons. The van der Waals surface area contributed by atoms with E-state index < -0.39 is 21.6 Å². The first-order chi connectivity index (χ1) is 24.1. The molecular formula is C36H38N6Na2O7S2. The number of nitrogens with zero attached hydrogens (tertiary/aromatic N) is 5. The molecule has 53 heavy (non-hydrogen) atoms. The van der Waals surface area contributed by atoms with Gasteiger partial charge in [0.1, 0.15) is 23.0 Å². The first kappa shape index (κ1) is 42.9. The molecule has 0 saturated heterocycles. The molecule has 0 bridgehead atoms. The van der Waals surface area contributed by atoms with Gasteiger partial charge >= 0.3 is 59.1 Å². The summed E-state index contributed by atoms with van der Waals surface area (Å²) >= 11 is 0. The van der Waals surface area contributed by atoms with Crippen LogP contribution in [0.25, 0.3) is 22.1 Å². The van der Waals surface area contributed by atoms with Crippen molar-refractivity contribution >= 4 is 43.7 Å². The largest absolute Gasteiger partial charge is 1.00 e. The van der Waals surface area contributed by atoms with Gasteiger partial charge in [-0.25, -0.2) is 4.98 Å². The van der Waals surface area contributed by atoms with Gasteiger partial charge < -0.3 is 39.4 Å². The molecule has 6 heterocycles. The molecule has 0 fully saturated rings. The van der Waals surface area contributed by atoms with Crippen LogP contribution in [0.2, 0.25) is 0 Å². The molecule has 0 amide bonds. The second-order valence-corrected chi connectivity index (χ2v) is 15.0. The zero-order valence-electron chi connectivity index (χ0n) is 31.2. The van der Waals surface area contributed by atoms with Gasteiger partial charge in [-0.2, -0.15) is 0 Å². The molecule has 13 nitrogen and oxygen atoms in total. The summed E-state index contributed by atoms with van der Waals surface area (Å²) in [6.07, 6.45) is 5.26. The Hall–Kier alpha value is -2.86. The van der Waals surface area contributed by atoms with Crippen molar-refractivity contribution in [2.24, 2.45) is 0 Å². The second-order valence-electron chi connectivity index (χ2n) is 12.2. The SMILES string of the molecule is COc1c(C)cnc(CS(=O)c2nc3cc4c(cc3[n-]2)OCC4)c1C.COc1c(C)cnc(CS(=O)c2nc3cc4c(cc3[nH]2)CCO4)c1C.[Na+].[Na+].[OH-]. The fourth-order valence-electron chi connectivity index (χ4n) is 6.30. The van der Waals surface area contributed by atoms with Crippen molar-refractivity contribution in [2.45, 2.75) is 62.4 Å². The molecule has 4 aromatic heterocycles. The number of fused-ring (bicyclic) bond motifs is 4. The number of hydrogen-bond acceptors (Lipinski definition) is 11. The minimum atomic E-state index is -1.37. The van der Waals surface area contributed by atoms with E-state index >= 15 is 0 Å². The number of H-pyrrole nitrogens is 1. The predicted molar refractivity (Wildman–Crippen MR) is 192 cm³/mol. The van der Waals surface area contributed by atoms with Crippen LogP contribution in [0.4, 0.5) is 0 Å². The standard InChI is InChI=1S/C18H19N3O3S.C18H18N3O3S.2Na.H2O/c2*1-10-8-19-15(11(2)17(10)23-3)9-25(22)18-20-13-6-12-4-5-24-16(12)7-14(13)21-18;;;/h6-8H,4-5,9H2,1-3H3,(H,20,21);6-8H,4-5,9H2,1-3H3;;;1H2/q;-1;2*+1;/p-1. The van der Waals surface area contributed by atoms with Gasteiger partial charge in [-0.05, 0) is 62.0 Å². The van der Waals surface area contributed by atoms with Crippen LogP contribution in [0.3, 0.4) is 0 Å². The molecular weight excluding hydrogens is 739 g/mol. The number of nitrogens with one attached hydrogen (secondary N) is 1. The normalized spacial score (nSPS) is 13.5. The van der Waals surface area contributed by atoms with Crippen molar-refractivity contribution in [1.82, 2.24) is 29.9 Å². The Kier molecular flexibility index (Phi) is 14.7. The maximum atomic E-state index is 12.8. The van der Waals surface area contributed by atoms with Crippen molar-refractivity contribution < 1.29 is 92.0 Å². The van der Waals surface area contributed by atoms with E-state index in [0.717, 1.165) is 103 Å². The van der Waals surface area contributed by atoms with Gasteiger partial charge in [0.2, 0.25) is 0 Å². The number of aryl methyl sites for hydroxylation is 2. The van der Waals surface area contributed by atoms with Crippen LogP contribution in [0, 0.1) is 27.7 Å². The Morgan fingerprint density at radius 2 is 1.30 bits per heavy atom. The number of ether oxygens (including phenoxy) is 4. The summed E-state index contributed by atoms with van der Waals surface area (Å²) in [6.45, 7) is 9.15. The molecule has 2 unspecified atom stereocenters. The first-order valence-corrected chi connectivity index (χ1v) is 18.8. The molecule has 2 aliphatic heterocycles. The molecule has 0 aliphatic carbocycles.